The maximum atomic E-state index is 13.7. The molecule has 2 aromatic carbocycles. The molecule has 0 saturated heterocycles. The normalized spacial score (nSPS) is 12.6. The van der Waals surface area contributed by atoms with Crippen molar-refractivity contribution >= 4 is 33.5 Å². The quantitative estimate of drug-likeness (QED) is 0.769. The highest BCUT2D eigenvalue weighted by molar-refractivity contribution is 9.10. The summed E-state index contributed by atoms with van der Waals surface area (Å²) in [4.78, 5) is 23.7. The number of nitrogens with one attached hydrogen (secondary N) is 1. The van der Waals surface area contributed by atoms with Crippen LogP contribution in [-0.2, 0) is 33.6 Å². The monoisotopic (exact) mass is 405 g/mol. The molecule has 1 aliphatic carbocycles. The maximum absolute atomic E-state index is 13.7. The van der Waals surface area contributed by atoms with Gasteiger partial charge in [-0.2, -0.15) is 0 Å². The third-order valence-electron chi connectivity index (χ3n) is 4.08. The Morgan fingerprint density at radius 2 is 1.92 bits per heavy atom. The van der Waals surface area contributed by atoms with Crippen LogP contribution in [-0.4, -0.2) is 18.5 Å². The van der Waals surface area contributed by atoms with E-state index >= 15 is 0 Å². The first kappa shape index (κ1) is 17.6. The van der Waals surface area contributed by atoms with E-state index in [1.165, 1.54) is 23.3 Å². The van der Waals surface area contributed by atoms with E-state index in [1.807, 2.05) is 18.2 Å². The first-order chi connectivity index (χ1) is 12.0. The van der Waals surface area contributed by atoms with Gasteiger partial charge >= 0.3 is 5.97 Å². The molecule has 0 aromatic heterocycles. The fourth-order valence-electron chi connectivity index (χ4n) is 2.88. The Hall–Kier alpha value is -2.21. The summed E-state index contributed by atoms with van der Waals surface area (Å²) in [5.41, 5.74) is 3.55. The van der Waals surface area contributed by atoms with Crippen LogP contribution >= 0.6 is 15.9 Å². The van der Waals surface area contributed by atoms with Gasteiger partial charge in [-0.15, -0.1) is 0 Å². The van der Waals surface area contributed by atoms with Crippen LogP contribution < -0.4 is 5.32 Å². The van der Waals surface area contributed by atoms with Gasteiger partial charge in [-0.25, -0.2) is 4.39 Å². The van der Waals surface area contributed by atoms with Crippen LogP contribution in [0.1, 0.15) is 23.1 Å². The molecule has 0 bridgehead atoms. The fraction of sp³-hybridized carbons (Fsp3) is 0.263. The zero-order valence-corrected chi connectivity index (χ0v) is 15.1. The molecule has 0 aliphatic heterocycles. The van der Waals surface area contributed by atoms with E-state index in [0.717, 1.165) is 24.8 Å². The number of benzene rings is 2. The molecule has 1 amide bonds. The number of amides is 1. The van der Waals surface area contributed by atoms with Crippen LogP contribution in [0, 0.1) is 5.82 Å². The van der Waals surface area contributed by atoms with E-state index in [-0.39, 0.29) is 12.1 Å². The van der Waals surface area contributed by atoms with Crippen molar-refractivity contribution in [3.05, 3.63) is 63.4 Å². The van der Waals surface area contributed by atoms with Crippen molar-refractivity contribution in [1.29, 1.82) is 0 Å². The highest BCUT2D eigenvalue weighted by atomic mass is 79.9. The molecule has 0 heterocycles. The van der Waals surface area contributed by atoms with Crippen LogP contribution in [0.25, 0.3) is 0 Å². The van der Waals surface area contributed by atoms with E-state index in [0.29, 0.717) is 4.47 Å². The topological polar surface area (TPSA) is 55.4 Å². The summed E-state index contributed by atoms with van der Waals surface area (Å²) in [7, 11) is 0. The summed E-state index contributed by atoms with van der Waals surface area (Å²) < 4.78 is 19.2. The smallest absolute Gasteiger partial charge is 0.310 e. The second-order valence-corrected chi connectivity index (χ2v) is 6.88. The van der Waals surface area contributed by atoms with Gasteiger partial charge in [0.2, 0.25) is 0 Å². The number of carbonyl (C=O) groups excluding carboxylic acids is 2. The fourth-order valence-corrected chi connectivity index (χ4v) is 3.21. The molecular weight excluding hydrogens is 389 g/mol. The molecule has 1 N–H and O–H groups in total. The van der Waals surface area contributed by atoms with Crippen molar-refractivity contribution in [3.8, 4) is 0 Å². The van der Waals surface area contributed by atoms with Gasteiger partial charge in [0, 0.05) is 4.47 Å². The zero-order valence-electron chi connectivity index (χ0n) is 13.5. The highest BCUT2D eigenvalue weighted by Crippen LogP contribution is 2.23. The van der Waals surface area contributed by atoms with Crippen LogP contribution in [0.4, 0.5) is 10.1 Å². The lowest BCUT2D eigenvalue weighted by atomic mass is 10.0. The molecule has 0 atom stereocenters. The third-order valence-corrected chi connectivity index (χ3v) is 4.57. The van der Waals surface area contributed by atoms with Crippen molar-refractivity contribution in [2.75, 3.05) is 11.9 Å². The number of fused-ring (bicyclic) bond motifs is 1. The number of halogens is 2. The lowest BCUT2D eigenvalue weighted by Crippen LogP contribution is -2.22. The number of ether oxygens (including phenoxy) is 1. The molecule has 3 rings (SSSR count). The summed E-state index contributed by atoms with van der Waals surface area (Å²) in [6.07, 6.45) is 3.40. The van der Waals surface area contributed by atoms with E-state index in [2.05, 4.69) is 21.2 Å². The van der Waals surface area contributed by atoms with Crippen molar-refractivity contribution in [2.45, 2.75) is 25.7 Å². The molecule has 25 heavy (non-hydrogen) atoms. The molecule has 2 aromatic rings. The molecule has 0 saturated carbocycles. The van der Waals surface area contributed by atoms with Gasteiger partial charge in [0.25, 0.3) is 5.91 Å². The number of anilines is 1. The lowest BCUT2D eigenvalue weighted by Gasteiger charge is -2.08. The Morgan fingerprint density at radius 3 is 2.72 bits per heavy atom. The minimum absolute atomic E-state index is 0.0443. The predicted molar refractivity (Wildman–Crippen MR) is 95.9 cm³/mol. The summed E-state index contributed by atoms with van der Waals surface area (Å²) in [6.45, 7) is -0.445. The van der Waals surface area contributed by atoms with E-state index < -0.39 is 24.3 Å². The molecule has 0 unspecified atom stereocenters. The van der Waals surface area contributed by atoms with Gasteiger partial charge < -0.3 is 10.1 Å². The van der Waals surface area contributed by atoms with Gasteiger partial charge in [0.1, 0.15) is 5.82 Å². The summed E-state index contributed by atoms with van der Waals surface area (Å²) in [6, 6.07) is 10.3. The van der Waals surface area contributed by atoms with Gasteiger partial charge in [-0.05, 0) is 54.2 Å². The Morgan fingerprint density at radius 1 is 1.12 bits per heavy atom. The molecule has 130 valence electrons. The van der Waals surface area contributed by atoms with Crippen LogP contribution in [0.5, 0.6) is 0 Å². The number of hydrogen-bond acceptors (Lipinski definition) is 3. The van der Waals surface area contributed by atoms with Crippen molar-refractivity contribution in [3.63, 3.8) is 0 Å². The van der Waals surface area contributed by atoms with Gasteiger partial charge in [0.15, 0.2) is 6.61 Å². The van der Waals surface area contributed by atoms with Crippen molar-refractivity contribution in [2.24, 2.45) is 0 Å². The van der Waals surface area contributed by atoms with Crippen molar-refractivity contribution in [1.82, 2.24) is 0 Å². The molecule has 0 fully saturated rings. The first-order valence-electron chi connectivity index (χ1n) is 8.02. The van der Waals surface area contributed by atoms with Crippen LogP contribution in [0.15, 0.2) is 40.9 Å². The van der Waals surface area contributed by atoms with Crippen LogP contribution in [0.3, 0.4) is 0 Å². The number of aryl methyl sites for hydroxylation is 2. The minimum atomic E-state index is -0.580. The van der Waals surface area contributed by atoms with E-state index in [1.54, 1.807) is 6.07 Å². The number of carbonyl (C=O) groups is 2. The number of hydrogen-bond donors (Lipinski definition) is 1. The maximum Gasteiger partial charge on any atom is 0.310 e. The molecule has 4 nitrogen and oxygen atoms in total. The Kier molecular flexibility index (Phi) is 5.48. The molecular formula is C19H17BrFNO3. The second kappa shape index (κ2) is 7.78. The van der Waals surface area contributed by atoms with Gasteiger partial charge in [0.05, 0.1) is 12.1 Å². The molecule has 0 spiro atoms. The number of rotatable bonds is 5. The average molecular weight is 406 g/mol. The average Bonchev–Trinajstić information content (AvgIpc) is 3.03. The SMILES string of the molecule is O=C(COC(=O)Cc1ccc2c(c1)CCC2)Nc1ccc(Br)cc1F. The molecule has 1 aliphatic rings. The lowest BCUT2D eigenvalue weighted by molar-refractivity contribution is -0.146. The zero-order chi connectivity index (χ0) is 17.8. The summed E-state index contributed by atoms with van der Waals surface area (Å²) >= 11 is 3.14. The van der Waals surface area contributed by atoms with Gasteiger partial charge in [-0.3, -0.25) is 9.59 Å². The third kappa shape index (κ3) is 4.66. The van der Waals surface area contributed by atoms with Crippen LogP contribution in [0.2, 0.25) is 0 Å². The first-order valence-corrected chi connectivity index (χ1v) is 8.82. The Labute approximate surface area is 153 Å². The predicted octanol–water partition coefficient (Wildman–Crippen LogP) is 3.80. The summed E-state index contributed by atoms with van der Waals surface area (Å²) in [5.74, 6) is -1.62. The standard InChI is InChI=1S/C19H17BrFNO3/c20-15-6-7-17(16(21)10-15)22-18(23)11-25-19(24)9-12-4-5-13-2-1-3-14(13)8-12/h4-8,10H,1-3,9,11H2,(H,22,23). The van der Waals surface area contributed by atoms with E-state index in [4.69, 9.17) is 4.74 Å². The largest absolute Gasteiger partial charge is 0.455 e. The Bertz CT molecular complexity index is 822. The molecule has 0 radical (unpaired) electrons. The van der Waals surface area contributed by atoms with Crippen molar-refractivity contribution < 1.29 is 18.7 Å². The highest BCUT2D eigenvalue weighted by Gasteiger charge is 2.14. The van der Waals surface area contributed by atoms with Gasteiger partial charge in [-0.1, -0.05) is 34.1 Å². The molecule has 6 heteroatoms. The second-order valence-electron chi connectivity index (χ2n) is 5.97. The van der Waals surface area contributed by atoms with E-state index in [9.17, 15) is 14.0 Å². The summed E-state index contributed by atoms with van der Waals surface area (Å²) in [5, 5.41) is 2.38. The minimum Gasteiger partial charge on any atom is -0.455 e. The number of esters is 1. The Balaban J connectivity index is 1.49.